The first kappa shape index (κ1) is 11.7. The van der Waals surface area contributed by atoms with E-state index in [-0.39, 0.29) is 12.5 Å². The number of rotatable bonds is 4. The van der Waals surface area contributed by atoms with E-state index in [1.807, 2.05) is 24.4 Å². The van der Waals surface area contributed by atoms with Crippen molar-refractivity contribution >= 4 is 5.97 Å². The Kier molecular flexibility index (Phi) is 3.81. The molecule has 3 nitrogen and oxygen atoms in total. The third-order valence-corrected chi connectivity index (χ3v) is 3.05. The lowest BCUT2D eigenvalue weighted by atomic mass is 10.0. The molecule has 1 atom stereocenters. The summed E-state index contributed by atoms with van der Waals surface area (Å²) in [5, 5.41) is 8.90. The second-order valence-electron chi connectivity index (χ2n) is 4.37. The molecule has 0 spiro atoms. The Morgan fingerprint density at radius 1 is 1.35 bits per heavy atom. The van der Waals surface area contributed by atoms with Gasteiger partial charge in [-0.15, -0.1) is 0 Å². The Hall–Kier alpha value is -1.77. The predicted octanol–water partition coefficient (Wildman–Crippen LogP) is 2.64. The van der Waals surface area contributed by atoms with Crippen LogP contribution in [0.1, 0.15) is 24.8 Å². The zero-order valence-electron chi connectivity index (χ0n) is 9.75. The van der Waals surface area contributed by atoms with E-state index in [4.69, 9.17) is 5.11 Å². The number of carboxylic acid groups (broad SMARTS) is 1. The molecule has 1 heterocycles. The van der Waals surface area contributed by atoms with Crippen molar-refractivity contribution in [1.82, 2.24) is 4.90 Å². The fourth-order valence-electron chi connectivity index (χ4n) is 2.18. The number of hydrogen-bond acceptors (Lipinski definition) is 2. The smallest absolute Gasteiger partial charge is 0.305 e. The molecule has 0 saturated carbocycles. The lowest BCUT2D eigenvalue weighted by Crippen LogP contribution is -2.34. The van der Waals surface area contributed by atoms with Crippen LogP contribution in [0, 0.1) is 0 Å². The third-order valence-electron chi connectivity index (χ3n) is 3.05. The van der Waals surface area contributed by atoms with E-state index in [1.165, 1.54) is 5.56 Å². The fraction of sp³-hybridized carbons (Fsp3) is 0.357. The summed E-state index contributed by atoms with van der Waals surface area (Å²) in [4.78, 5) is 12.9. The van der Waals surface area contributed by atoms with Crippen molar-refractivity contribution in [3.63, 3.8) is 0 Å². The van der Waals surface area contributed by atoms with Gasteiger partial charge < -0.3 is 10.0 Å². The lowest BCUT2D eigenvalue weighted by molar-refractivity contribution is -0.138. The molecule has 0 amide bonds. The van der Waals surface area contributed by atoms with Crippen LogP contribution in [0.4, 0.5) is 0 Å². The average Bonchev–Trinajstić information content (AvgIpc) is 2.32. The van der Waals surface area contributed by atoms with Gasteiger partial charge in [0.15, 0.2) is 0 Å². The summed E-state index contributed by atoms with van der Waals surface area (Å²) in [7, 11) is 0. The van der Waals surface area contributed by atoms with Gasteiger partial charge in [0, 0.05) is 12.6 Å². The maximum absolute atomic E-state index is 10.8. The zero-order chi connectivity index (χ0) is 12.1. The first-order chi connectivity index (χ1) is 8.25. The number of benzene rings is 1. The van der Waals surface area contributed by atoms with Crippen LogP contribution in [0.5, 0.6) is 0 Å². The minimum atomic E-state index is -0.719. The van der Waals surface area contributed by atoms with E-state index in [2.05, 4.69) is 23.1 Å². The molecule has 0 saturated heterocycles. The molecule has 1 N–H and O–H groups in total. The highest BCUT2D eigenvalue weighted by Gasteiger charge is 2.20. The number of carboxylic acids is 1. The average molecular weight is 231 g/mol. The van der Waals surface area contributed by atoms with Crippen molar-refractivity contribution < 1.29 is 9.90 Å². The van der Waals surface area contributed by atoms with Gasteiger partial charge in [0.2, 0.25) is 0 Å². The SMILES string of the molecule is O=C(O)CC1CCC=CN1Cc1ccccc1. The molecule has 0 aliphatic carbocycles. The first-order valence-corrected chi connectivity index (χ1v) is 5.94. The Labute approximate surface area is 101 Å². The topological polar surface area (TPSA) is 40.5 Å². The number of carbonyl (C=O) groups is 1. The van der Waals surface area contributed by atoms with E-state index in [9.17, 15) is 4.79 Å². The maximum Gasteiger partial charge on any atom is 0.305 e. The molecule has 0 aromatic heterocycles. The molecule has 90 valence electrons. The van der Waals surface area contributed by atoms with E-state index < -0.39 is 5.97 Å². The quantitative estimate of drug-likeness (QED) is 0.866. The molecule has 2 rings (SSSR count). The molecule has 1 aromatic rings. The van der Waals surface area contributed by atoms with Crippen LogP contribution in [0.2, 0.25) is 0 Å². The minimum absolute atomic E-state index is 0.123. The molecule has 1 aliphatic heterocycles. The highest BCUT2D eigenvalue weighted by molar-refractivity contribution is 5.67. The molecule has 1 unspecified atom stereocenters. The highest BCUT2D eigenvalue weighted by atomic mass is 16.4. The van der Waals surface area contributed by atoms with Gasteiger partial charge in [-0.1, -0.05) is 36.4 Å². The number of hydrogen-bond donors (Lipinski definition) is 1. The largest absolute Gasteiger partial charge is 0.481 e. The van der Waals surface area contributed by atoms with Crippen LogP contribution in [0.25, 0.3) is 0 Å². The van der Waals surface area contributed by atoms with Crippen molar-refractivity contribution in [2.45, 2.75) is 31.8 Å². The summed E-state index contributed by atoms with van der Waals surface area (Å²) in [6.07, 6.45) is 6.27. The summed E-state index contributed by atoms with van der Waals surface area (Å²) in [6.45, 7) is 0.787. The van der Waals surface area contributed by atoms with Gasteiger partial charge in [0.05, 0.1) is 6.42 Å². The standard InChI is InChI=1S/C14H17NO2/c16-14(17)10-13-8-4-5-9-15(13)11-12-6-2-1-3-7-12/h1-3,5-7,9,13H,4,8,10-11H2,(H,16,17). The van der Waals surface area contributed by atoms with E-state index >= 15 is 0 Å². The van der Waals surface area contributed by atoms with Crippen LogP contribution >= 0.6 is 0 Å². The van der Waals surface area contributed by atoms with Gasteiger partial charge in [-0.25, -0.2) is 0 Å². The second kappa shape index (κ2) is 5.53. The van der Waals surface area contributed by atoms with Crippen LogP contribution in [0.15, 0.2) is 42.6 Å². The van der Waals surface area contributed by atoms with E-state index in [0.29, 0.717) is 0 Å². The van der Waals surface area contributed by atoms with Gasteiger partial charge in [0.1, 0.15) is 0 Å². The van der Waals surface area contributed by atoms with Crippen LogP contribution in [-0.2, 0) is 11.3 Å². The third kappa shape index (κ3) is 3.34. The fourth-order valence-corrected chi connectivity index (χ4v) is 2.18. The predicted molar refractivity (Wildman–Crippen MR) is 66.4 cm³/mol. The summed E-state index contributed by atoms with van der Waals surface area (Å²) in [5.74, 6) is -0.719. The molecule has 17 heavy (non-hydrogen) atoms. The first-order valence-electron chi connectivity index (χ1n) is 5.94. The van der Waals surface area contributed by atoms with Gasteiger partial charge in [-0.05, 0) is 24.6 Å². The van der Waals surface area contributed by atoms with E-state index in [1.54, 1.807) is 0 Å². The molecule has 0 bridgehead atoms. The Balaban J connectivity index is 2.04. The number of allylic oxidation sites excluding steroid dienone is 1. The van der Waals surface area contributed by atoms with Crippen molar-refractivity contribution in [3.05, 3.63) is 48.2 Å². The summed E-state index contributed by atoms with van der Waals surface area (Å²) in [5.41, 5.74) is 1.22. The van der Waals surface area contributed by atoms with Crippen molar-refractivity contribution in [2.24, 2.45) is 0 Å². The van der Waals surface area contributed by atoms with Gasteiger partial charge >= 0.3 is 5.97 Å². The molecule has 1 aliphatic rings. The summed E-state index contributed by atoms with van der Waals surface area (Å²) < 4.78 is 0. The molecule has 0 radical (unpaired) electrons. The van der Waals surface area contributed by atoms with Gasteiger partial charge in [-0.2, -0.15) is 0 Å². The normalized spacial score (nSPS) is 19.3. The Bertz CT molecular complexity index is 400. The van der Waals surface area contributed by atoms with Crippen LogP contribution in [0.3, 0.4) is 0 Å². The lowest BCUT2D eigenvalue weighted by Gasteiger charge is -2.32. The van der Waals surface area contributed by atoms with Crippen LogP contribution in [-0.4, -0.2) is 22.0 Å². The summed E-state index contributed by atoms with van der Waals surface area (Å²) >= 11 is 0. The zero-order valence-corrected chi connectivity index (χ0v) is 9.75. The summed E-state index contributed by atoms with van der Waals surface area (Å²) in [6, 6.07) is 10.3. The van der Waals surface area contributed by atoms with Crippen molar-refractivity contribution in [2.75, 3.05) is 0 Å². The van der Waals surface area contributed by atoms with Gasteiger partial charge in [-0.3, -0.25) is 4.79 Å². The minimum Gasteiger partial charge on any atom is -0.481 e. The second-order valence-corrected chi connectivity index (χ2v) is 4.37. The van der Waals surface area contributed by atoms with Crippen LogP contribution < -0.4 is 0 Å². The van der Waals surface area contributed by atoms with Crippen molar-refractivity contribution in [1.29, 1.82) is 0 Å². The van der Waals surface area contributed by atoms with E-state index in [0.717, 1.165) is 19.4 Å². The molecule has 0 fully saturated rings. The monoisotopic (exact) mass is 231 g/mol. The maximum atomic E-state index is 10.8. The number of aliphatic carboxylic acids is 1. The number of nitrogens with zero attached hydrogens (tertiary/aromatic N) is 1. The molecular weight excluding hydrogens is 214 g/mol. The molecule has 1 aromatic carbocycles. The van der Waals surface area contributed by atoms with Gasteiger partial charge in [0.25, 0.3) is 0 Å². The molecular formula is C14H17NO2. The Morgan fingerprint density at radius 2 is 2.12 bits per heavy atom. The Morgan fingerprint density at radius 3 is 2.82 bits per heavy atom. The highest BCUT2D eigenvalue weighted by Crippen LogP contribution is 2.20. The molecule has 3 heteroatoms. The van der Waals surface area contributed by atoms with Crippen molar-refractivity contribution in [3.8, 4) is 0 Å².